The van der Waals surface area contributed by atoms with Gasteiger partial charge in [0.15, 0.2) is 0 Å². The molecule has 0 saturated carbocycles. The molecule has 12 heavy (non-hydrogen) atoms. The normalized spacial score (nSPS) is 9.00. The van der Waals surface area contributed by atoms with Crippen molar-refractivity contribution >= 4 is 18.3 Å². The van der Waals surface area contributed by atoms with Crippen molar-refractivity contribution in [3.8, 4) is 6.07 Å². The molecule has 60 valence electrons. The van der Waals surface area contributed by atoms with Crippen LogP contribution in [0.4, 0.5) is 5.69 Å². The largest absolute Gasteiger partial charge is 0.270 e. The minimum absolute atomic E-state index is 0.0932. The fourth-order valence-electron chi connectivity index (χ4n) is 0.727. The first kappa shape index (κ1) is 8.56. The first-order chi connectivity index (χ1) is 5.65. The number of nitriles is 1. The van der Waals surface area contributed by atoms with Crippen molar-refractivity contribution in [3.63, 3.8) is 0 Å². The SMILES string of the molecule is N#Cc1cc([N+](=O)[O-])ccc1S. The molecule has 0 N–H and O–H groups in total. The number of thiol groups is 1. The van der Waals surface area contributed by atoms with E-state index in [0.717, 1.165) is 0 Å². The topological polar surface area (TPSA) is 66.9 Å². The van der Waals surface area contributed by atoms with E-state index in [2.05, 4.69) is 12.6 Å². The Bertz CT molecular complexity index is 370. The quantitative estimate of drug-likeness (QED) is 0.406. The van der Waals surface area contributed by atoms with E-state index in [4.69, 9.17) is 5.26 Å². The number of hydrogen-bond acceptors (Lipinski definition) is 4. The molecule has 0 aliphatic rings. The maximum absolute atomic E-state index is 10.3. The Hall–Kier alpha value is -1.54. The van der Waals surface area contributed by atoms with E-state index in [9.17, 15) is 10.1 Å². The van der Waals surface area contributed by atoms with Crippen LogP contribution in [0, 0.1) is 21.4 Å². The smallest absolute Gasteiger partial charge is 0.258 e. The Kier molecular flexibility index (Phi) is 2.31. The molecular weight excluding hydrogens is 176 g/mol. The van der Waals surface area contributed by atoms with Crippen molar-refractivity contribution in [1.82, 2.24) is 0 Å². The van der Waals surface area contributed by atoms with Crippen LogP contribution < -0.4 is 0 Å². The van der Waals surface area contributed by atoms with E-state index in [1.165, 1.54) is 18.2 Å². The molecule has 4 nitrogen and oxygen atoms in total. The molecule has 0 atom stereocenters. The average Bonchev–Trinajstić information content (AvgIpc) is 2.05. The lowest BCUT2D eigenvalue weighted by Gasteiger charge is -1.94. The molecule has 0 radical (unpaired) electrons. The molecule has 1 rings (SSSR count). The van der Waals surface area contributed by atoms with Gasteiger partial charge >= 0.3 is 0 Å². The van der Waals surface area contributed by atoms with Crippen molar-refractivity contribution in [2.24, 2.45) is 0 Å². The van der Waals surface area contributed by atoms with E-state index in [-0.39, 0.29) is 11.3 Å². The highest BCUT2D eigenvalue weighted by Gasteiger charge is 2.07. The number of rotatable bonds is 1. The number of nitrogens with zero attached hydrogens (tertiary/aromatic N) is 2. The van der Waals surface area contributed by atoms with Gasteiger partial charge in [0.25, 0.3) is 5.69 Å². The summed E-state index contributed by atoms with van der Waals surface area (Å²) in [7, 11) is 0. The molecule has 1 aromatic carbocycles. The van der Waals surface area contributed by atoms with Crippen LogP contribution >= 0.6 is 12.6 Å². The van der Waals surface area contributed by atoms with Gasteiger partial charge in [-0.2, -0.15) is 5.26 Å². The summed E-state index contributed by atoms with van der Waals surface area (Å²) in [6.07, 6.45) is 0. The predicted molar refractivity (Wildman–Crippen MR) is 45.1 cm³/mol. The van der Waals surface area contributed by atoms with Crippen LogP contribution in [0.3, 0.4) is 0 Å². The second-order valence-electron chi connectivity index (χ2n) is 2.07. The van der Waals surface area contributed by atoms with E-state index in [1.54, 1.807) is 0 Å². The fourth-order valence-corrected chi connectivity index (χ4v) is 0.916. The third-order valence-corrected chi connectivity index (χ3v) is 1.70. The van der Waals surface area contributed by atoms with Gasteiger partial charge in [-0.15, -0.1) is 12.6 Å². The Morgan fingerprint density at radius 2 is 2.25 bits per heavy atom. The van der Waals surface area contributed by atoms with Crippen LogP contribution in [0.25, 0.3) is 0 Å². The van der Waals surface area contributed by atoms with Crippen molar-refractivity contribution in [2.45, 2.75) is 4.90 Å². The number of nitro benzene ring substituents is 1. The predicted octanol–water partition coefficient (Wildman–Crippen LogP) is 1.76. The third kappa shape index (κ3) is 1.54. The second-order valence-corrected chi connectivity index (χ2v) is 2.55. The van der Waals surface area contributed by atoms with Crippen molar-refractivity contribution in [2.75, 3.05) is 0 Å². The highest BCUT2D eigenvalue weighted by Crippen LogP contribution is 2.19. The average molecular weight is 180 g/mol. The summed E-state index contributed by atoms with van der Waals surface area (Å²) in [5.41, 5.74) is 0.122. The monoisotopic (exact) mass is 180 g/mol. The fraction of sp³-hybridized carbons (Fsp3) is 0. The van der Waals surface area contributed by atoms with E-state index in [1.807, 2.05) is 6.07 Å². The number of non-ortho nitro benzene ring substituents is 1. The highest BCUT2D eigenvalue weighted by atomic mass is 32.1. The Morgan fingerprint density at radius 1 is 1.58 bits per heavy atom. The van der Waals surface area contributed by atoms with Crippen LogP contribution in [0.1, 0.15) is 5.56 Å². The summed E-state index contributed by atoms with van der Waals surface area (Å²) in [5, 5.41) is 18.8. The lowest BCUT2D eigenvalue weighted by atomic mass is 10.2. The van der Waals surface area contributed by atoms with Crippen molar-refractivity contribution in [1.29, 1.82) is 5.26 Å². The molecule has 0 aliphatic heterocycles. The maximum Gasteiger partial charge on any atom is 0.270 e. The standard InChI is InChI=1S/C7H4N2O2S/c8-4-5-3-6(9(10)11)1-2-7(5)12/h1-3,12H. The second kappa shape index (κ2) is 3.24. The van der Waals surface area contributed by atoms with Crippen LogP contribution in [0.15, 0.2) is 23.1 Å². The summed E-state index contributed by atoms with van der Waals surface area (Å²) < 4.78 is 0. The zero-order chi connectivity index (χ0) is 9.14. The summed E-state index contributed by atoms with van der Waals surface area (Å²) in [6, 6.07) is 5.75. The summed E-state index contributed by atoms with van der Waals surface area (Å²) in [4.78, 5) is 10.2. The van der Waals surface area contributed by atoms with Crippen LogP contribution in [0.5, 0.6) is 0 Å². The first-order valence-electron chi connectivity index (χ1n) is 3.02. The molecule has 0 spiro atoms. The van der Waals surface area contributed by atoms with Gasteiger partial charge in [-0.1, -0.05) is 0 Å². The van der Waals surface area contributed by atoms with Gasteiger partial charge in [0, 0.05) is 17.0 Å². The number of hydrogen-bond donors (Lipinski definition) is 1. The molecule has 0 aromatic heterocycles. The molecule has 0 unspecified atom stereocenters. The Labute approximate surface area is 74.0 Å². The van der Waals surface area contributed by atoms with Gasteiger partial charge in [0.2, 0.25) is 0 Å². The zero-order valence-electron chi connectivity index (χ0n) is 5.89. The van der Waals surface area contributed by atoms with Gasteiger partial charge in [0.1, 0.15) is 6.07 Å². The highest BCUT2D eigenvalue weighted by molar-refractivity contribution is 7.80. The van der Waals surface area contributed by atoms with Gasteiger partial charge in [-0.25, -0.2) is 0 Å². The molecule has 1 aromatic rings. The first-order valence-corrected chi connectivity index (χ1v) is 3.47. The Morgan fingerprint density at radius 3 is 2.75 bits per heavy atom. The minimum atomic E-state index is -0.548. The van der Waals surface area contributed by atoms with Gasteiger partial charge < -0.3 is 0 Å². The minimum Gasteiger partial charge on any atom is -0.258 e. The summed E-state index contributed by atoms with van der Waals surface area (Å²) in [6.45, 7) is 0. The van der Waals surface area contributed by atoms with Crippen molar-refractivity contribution < 1.29 is 4.92 Å². The van der Waals surface area contributed by atoms with E-state index >= 15 is 0 Å². The lowest BCUT2D eigenvalue weighted by molar-refractivity contribution is -0.384. The van der Waals surface area contributed by atoms with Crippen LogP contribution in [-0.2, 0) is 0 Å². The molecule has 0 heterocycles. The van der Waals surface area contributed by atoms with E-state index in [0.29, 0.717) is 4.90 Å². The third-order valence-electron chi connectivity index (χ3n) is 1.31. The van der Waals surface area contributed by atoms with Crippen LogP contribution in [0.2, 0.25) is 0 Å². The molecule has 5 heteroatoms. The van der Waals surface area contributed by atoms with Gasteiger partial charge in [-0.05, 0) is 6.07 Å². The number of nitro groups is 1. The molecule has 0 saturated heterocycles. The molecule has 0 bridgehead atoms. The van der Waals surface area contributed by atoms with E-state index < -0.39 is 4.92 Å². The molecule has 0 fully saturated rings. The summed E-state index contributed by atoms with van der Waals surface area (Å²) >= 11 is 3.95. The van der Waals surface area contributed by atoms with Gasteiger partial charge in [-0.3, -0.25) is 10.1 Å². The Balaban J connectivity index is 3.25. The van der Waals surface area contributed by atoms with Crippen molar-refractivity contribution in [3.05, 3.63) is 33.9 Å². The molecule has 0 amide bonds. The maximum atomic E-state index is 10.3. The lowest BCUT2D eigenvalue weighted by Crippen LogP contribution is -1.88. The van der Waals surface area contributed by atoms with Gasteiger partial charge in [0.05, 0.1) is 10.5 Å². The number of benzene rings is 1. The zero-order valence-corrected chi connectivity index (χ0v) is 6.78. The molecule has 0 aliphatic carbocycles. The molecular formula is C7H4N2O2S. The summed E-state index contributed by atoms with van der Waals surface area (Å²) in [5.74, 6) is 0. The van der Waals surface area contributed by atoms with Crippen LogP contribution in [-0.4, -0.2) is 4.92 Å².